The molecule has 4 heteroatoms. The van der Waals surface area contributed by atoms with Crippen LogP contribution in [0.3, 0.4) is 0 Å². The van der Waals surface area contributed by atoms with E-state index in [1.54, 1.807) is 6.20 Å². The van der Waals surface area contributed by atoms with E-state index in [2.05, 4.69) is 12.0 Å². The number of ether oxygens (including phenoxy) is 1. The molecule has 1 saturated heterocycles. The van der Waals surface area contributed by atoms with Crippen LogP contribution in [0.5, 0.6) is 0 Å². The Morgan fingerprint density at radius 2 is 2.20 bits per heavy atom. The topological polar surface area (TPSA) is 53.1 Å². The van der Waals surface area contributed by atoms with Crippen LogP contribution < -0.4 is 5.73 Å². The highest BCUT2D eigenvalue weighted by Crippen LogP contribution is 2.32. The quantitative estimate of drug-likeness (QED) is 0.804. The number of aromatic nitrogens is 2. The first-order valence-electron chi connectivity index (χ1n) is 5.46. The Kier molecular flexibility index (Phi) is 2.69. The molecule has 0 aliphatic carbocycles. The van der Waals surface area contributed by atoms with Crippen molar-refractivity contribution in [3.63, 3.8) is 0 Å². The van der Waals surface area contributed by atoms with E-state index in [9.17, 15) is 0 Å². The summed E-state index contributed by atoms with van der Waals surface area (Å²) < 4.78 is 7.40. The van der Waals surface area contributed by atoms with Gasteiger partial charge in [-0.3, -0.25) is 4.68 Å². The number of hydrogen-bond donors (Lipinski definition) is 1. The molecule has 1 fully saturated rings. The van der Waals surface area contributed by atoms with E-state index < -0.39 is 0 Å². The summed E-state index contributed by atoms with van der Waals surface area (Å²) in [5, 5.41) is 4.31. The van der Waals surface area contributed by atoms with Crippen molar-refractivity contribution in [2.75, 3.05) is 18.9 Å². The van der Waals surface area contributed by atoms with Crippen LogP contribution in [-0.2, 0) is 11.3 Å². The highest BCUT2D eigenvalue weighted by molar-refractivity contribution is 5.39. The second-order valence-electron chi connectivity index (χ2n) is 4.77. The fourth-order valence-corrected chi connectivity index (χ4v) is 2.00. The van der Waals surface area contributed by atoms with Crippen molar-refractivity contribution in [2.45, 2.75) is 33.2 Å². The zero-order valence-electron chi connectivity index (χ0n) is 9.49. The molecular formula is C11H19N3O. The minimum Gasteiger partial charge on any atom is -0.396 e. The van der Waals surface area contributed by atoms with Gasteiger partial charge in [0, 0.05) is 19.8 Å². The third-order valence-electron chi connectivity index (χ3n) is 3.37. The molecule has 2 heterocycles. The van der Waals surface area contributed by atoms with Gasteiger partial charge in [0.05, 0.1) is 17.6 Å². The second-order valence-corrected chi connectivity index (χ2v) is 4.77. The van der Waals surface area contributed by atoms with Gasteiger partial charge in [-0.25, -0.2) is 0 Å². The number of nitrogens with two attached hydrogens (primary N) is 1. The van der Waals surface area contributed by atoms with Gasteiger partial charge in [0.1, 0.15) is 0 Å². The Morgan fingerprint density at radius 3 is 2.73 bits per heavy atom. The van der Waals surface area contributed by atoms with Gasteiger partial charge in [-0.2, -0.15) is 5.10 Å². The van der Waals surface area contributed by atoms with E-state index in [0.717, 1.165) is 44.0 Å². The maximum absolute atomic E-state index is 5.78. The van der Waals surface area contributed by atoms with E-state index in [1.807, 2.05) is 11.6 Å². The number of nitrogens with zero attached hydrogens (tertiary/aromatic N) is 2. The zero-order valence-corrected chi connectivity index (χ0v) is 9.49. The Balaban J connectivity index is 2.10. The van der Waals surface area contributed by atoms with Crippen LogP contribution in [0.15, 0.2) is 6.20 Å². The highest BCUT2D eigenvalue weighted by atomic mass is 16.5. The minimum atomic E-state index is 0.307. The third kappa shape index (κ3) is 2.15. The molecule has 0 spiro atoms. The van der Waals surface area contributed by atoms with Crippen molar-refractivity contribution in [3.8, 4) is 0 Å². The number of rotatable bonds is 2. The first-order chi connectivity index (χ1) is 7.11. The molecule has 0 atom stereocenters. The monoisotopic (exact) mass is 209 g/mol. The van der Waals surface area contributed by atoms with Gasteiger partial charge in [0.25, 0.3) is 0 Å². The van der Waals surface area contributed by atoms with Gasteiger partial charge in [0.15, 0.2) is 0 Å². The van der Waals surface area contributed by atoms with Crippen molar-refractivity contribution in [1.29, 1.82) is 0 Å². The maximum atomic E-state index is 5.78. The molecule has 84 valence electrons. The van der Waals surface area contributed by atoms with Crippen molar-refractivity contribution >= 4 is 5.69 Å². The summed E-state index contributed by atoms with van der Waals surface area (Å²) in [7, 11) is 0. The molecule has 15 heavy (non-hydrogen) atoms. The van der Waals surface area contributed by atoms with E-state index in [4.69, 9.17) is 10.5 Å². The van der Waals surface area contributed by atoms with Crippen LogP contribution in [0, 0.1) is 12.3 Å². The molecule has 2 N–H and O–H groups in total. The SMILES string of the molecule is Cc1c(N)cnn1CC1(C)CCOCC1. The fourth-order valence-electron chi connectivity index (χ4n) is 2.00. The average Bonchev–Trinajstić information content (AvgIpc) is 2.50. The van der Waals surface area contributed by atoms with Crippen molar-refractivity contribution < 1.29 is 4.74 Å². The predicted molar refractivity (Wildman–Crippen MR) is 59.5 cm³/mol. The summed E-state index contributed by atoms with van der Waals surface area (Å²) in [6.45, 7) is 7.00. The van der Waals surface area contributed by atoms with E-state index in [1.165, 1.54) is 0 Å². The lowest BCUT2D eigenvalue weighted by Gasteiger charge is -2.33. The average molecular weight is 209 g/mol. The summed E-state index contributed by atoms with van der Waals surface area (Å²) >= 11 is 0. The van der Waals surface area contributed by atoms with Crippen LogP contribution in [0.4, 0.5) is 5.69 Å². The van der Waals surface area contributed by atoms with Gasteiger partial charge in [-0.15, -0.1) is 0 Å². The first kappa shape index (κ1) is 10.5. The molecule has 0 aromatic carbocycles. The number of nitrogen functional groups attached to an aromatic ring is 1. The first-order valence-corrected chi connectivity index (χ1v) is 5.46. The lowest BCUT2D eigenvalue weighted by molar-refractivity contribution is 0.0136. The molecular weight excluding hydrogens is 190 g/mol. The van der Waals surface area contributed by atoms with Gasteiger partial charge in [-0.05, 0) is 25.2 Å². The molecule has 1 aliphatic heterocycles. The number of hydrogen-bond acceptors (Lipinski definition) is 3. The Labute approximate surface area is 90.4 Å². The summed E-state index contributed by atoms with van der Waals surface area (Å²) in [5.74, 6) is 0. The molecule has 1 aromatic heterocycles. The van der Waals surface area contributed by atoms with Crippen LogP contribution in [0.25, 0.3) is 0 Å². The van der Waals surface area contributed by atoms with Gasteiger partial charge in [-0.1, -0.05) is 6.92 Å². The smallest absolute Gasteiger partial charge is 0.0730 e. The van der Waals surface area contributed by atoms with E-state index in [-0.39, 0.29) is 0 Å². The number of anilines is 1. The summed E-state index contributed by atoms with van der Waals surface area (Å²) in [6.07, 6.45) is 3.94. The largest absolute Gasteiger partial charge is 0.396 e. The maximum Gasteiger partial charge on any atom is 0.0730 e. The Bertz CT molecular complexity index is 340. The van der Waals surface area contributed by atoms with Crippen LogP contribution >= 0.6 is 0 Å². The molecule has 2 rings (SSSR count). The van der Waals surface area contributed by atoms with Crippen LogP contribution in [0.1, 0.15) is 25.5 Å². The molecule has 0 bridgehead atoms. The zero-order chi connectivity index (χ0) is 10.9. The summed E-state index contributed by atoms with van der Waals surface area (Å²) in [5.41, 5.74) is 7.94. The van der Waals surface area contributed by atoms with E-state index >= 15 is 0 Å². The lowest BCUT2D eigenvalue weighted by Crippen LogP contribution is -2.31. The van der Waals surface area contributed by atoms with Crippen molar-refractivity contribution in [2.24, 2.45) is 5.41 Å². The lowest BCUT2D eigenvalue weighted by atomic mass is 9.82. The molecule has 0 saturated carbocycles. The molecule has 0 unspecified atom stereocenters. The van der Waals surface area contributed by atoms with E-state index in [0.29, 0.717) is 5.41 Å². The van der Waals surface area contributed by atoms with Gasteiger partial charge in [0.2, 0.25) is 0 Å². The van der Waals surface area contributed by atoms with Crippen LogP contribution in [0.2, 0.25) is 0 Å². The molecule has 0 radical (unpaired) electrons. The normalized spacial score (nSPS) is 20.4. The minimum absolute atomic E-state index is 0.307. The summed E-state index contributed by atoms with van der Waals surface area (Å²) in [4.78, 5) is 0. The van der Waals surface area contributed by atoms with Crippen LogP contribution in [-0.4, -0.2) is 23.0 Å². The molecule has 1 aromatic rings. The second kappa shape index (κ2) is 3.85. The Morgan fingerprint density at radius 1 is 1.53 bits per heavy atom. The third-order valence-corrected chi connectivity index (χ3v) is 3.37. The van der Waals surface area contributed by atoms with Gasteiger partial charge < -0.3 is 10.5 Å². The predicted octanol–water partition coefficient (Wildman–Crippen LogP) is 1.59. The Hall–Kier alpha value is -1.03. The van der Waals surface area contributed by atoms with Gasteiger partial charge >= 0.3 is 0 Å². The fraction of sp³-hybridized carbons (Fsp3) is 0.727. The summed E-state index contributed by atoms with van der Waals surface area (Å²) in [6, 6.07) is 0. The molecule has 4 nitrogen and oxygen atoms in total. The molecule has 0 amide bonds. The van der Waals surface area contributed by atoms with Crippen molar-refractivity contribution in [3.05, 3.63) is 11.9 Å². The highest BCUT2D eigenvalue weighted by Gasteiger charge is 2.28. The van der Waals surface area contributed by atoms with Crippen molar-refractivity contribution in [1.82, 2.24) is 9.78 Å². The molecule has 1 aliphatic rings. The standard InChI is InChI=1S/C11H19N3O/c1-9-10(12)7-13-14(9)8-11(2)3-5-15-6-4-11/h7H,3-6,8,12H2,1-2H3.